The van der Waals surface area contributed by atoms with Gasteiger partial charge in [0.05, 0.1) is 12.8 Å². The van der Waals surface area contributed by atoms with Crippen molar-refractivity contribution in [3.63, 3.8) is 0 Å². The normalized spacial score (nSPS) is 15.0. The number of hydrazine groups is 1. The second-order valence-corrected chi connectivity index (χ2v) is 4.89. The van der Waals surface area contributed by atoms with Gasteiger partial charge in [-0.1, -0.05) is 18.2 Å². The van der Waals surface area contributed by atoms with Gasteiger partial charge in [0.25, 0.3) is 0 Å². The summed E-state index contributed by atoms with van der Waals surface area (Å²) in [6.45, 7) is 0. The van der Waals surface area contributed by atoms with Gasteiger partial charge in [0, 0.05) is 5.70 Å². The lowest BCUT2D eigenvalue weighted by atomic mass is 10.0. The Balaban J connectivity index is 2.32. The Bertz CT molecular complexity index is 570. The fourth-order valence-electron chi connectivity index (χ4n) is 2.26. The van der Waals surface area contributed by atoms with Crippen molar-refractivity contribution in [2.24, 2.45) is 0 Å². The molecule has 0 bridgehead atoms. The van der Waals surface area contributed by atoms with E-state index in [4.69, 9.17) is 4.74 Å². The number of alkyl halides is 3. The molecule has 0 radical (unpaired) electrons. The number of para-hydroxylation sites is 2. The Morgan fingerprint density at radius 3 is 2.59 bits per heavy atom. The molecule has 0 aromatic heterocycles. The molecule has 0 saturated heterocycles. The predicted octanol–water partition coefficient (Wildman–Crippen LogP) is 3.87. The van der Waals surface area contributed by atoms with Gasteiger partial charge in [0.1, 0.15) is 5.75 Å². The van der Waals surface area contributed by atoms with Crippen molar-refractivity contribution in [2.75, 3.05) is 12.5 Å². The molecule has 0 aliphatic heterocycles. The van der Waals surface area contributed by atoms with Crippen LogP contribution in [0.3, 0.4) is 0 Å². The summed E-state index contributed by atoms with van der Waals surface area (Å²) in [6, 6.07) is 6.50. The SMILES string of the molecule is COc1ccccc1NN(C(=O)C(F)(F)F)C1=CCCCC1. The Kier molecular flexibility index (Phi) is 4.95. The van der Waals surface area contributed by atoms with Gasteiger partial charge in [-0.25, -0.2) is 5.01 Å². The number of methoxy groups -OCH3 is 1. The van der Waals surface area contributed by atoms with Crippen LogP contribution in [0, 0.1) is 0 Å². The summed E-state index contributed by atoms with van der Waals surface area (Å²) in [5.74, 6) is -1.58. The molecule has 1 aliphatic rings. The fourth-order valence-corrected chi connectivity index (χ4v) is 2.26. The van der Waals surface area contributed by atoms with E-state index in [1.807, 2.05) is 0 Å². The monoisotopic (exact) mass is 314 g/mol. The molecule has 1 aromatic rings. The van der Waals surface area contributed by atoms with E-state index in [9.17, 15) is 18.0 Å². The van der Waals surface area contributed by atoms with Gasteiger partial charge >= 0.3 is 12.1 Å². The molecule has 0 fully saturated rings. The minimum atomic E-state index is -4.95. The average molecular weight is 314 g/mol. The van der Waals surface area contributed by atoms with Gasteiger partial charge in [0.2, 0.25) is 0 Å². The van der Waals surface area contributed by atoms with Crippen molar-refractivity contribution >= 4 is 11.6 Å². The number of hydrogen-bond donors (Lipinski definition) is 1. The number of carbonyl (C=O) groups excluding carboxylic acids is 1. The minimum absolute atomic E-state index is 0.300. The average Bonchev–Trinajstić information content (AvgIpc) is 2.52. The number of benzene rings is 1. The molecule has 0 unspecified atom stereocenters. The third kappa shape index (κ3) is 3.72. The van der Waals surface area contributed by atoms with E-state index in [1.165, 1.54) is 7.11 Å². The highest BCUT2D eigenvalue weighted by Gasteiger charge is 2.44. The van der Waals surface area contributed by atoms with Crippen molar-refractivity contribution in [2.45, 2.75) is 31.9 Å². The van der Waals surface area contributed by atoms with Crippen LogP contribution in [-0.2, 0) is 4.79 Å². The van der Waals surface area contributed by atoms with Crippen LogP contribution >= 0.6 is 0 Å². The number of halogens is 3. The molecule has 0 atom stereocenters. The second kappa shape index (κ2) is 6.72. The van der Waals surface area contributed by atoms with E-state index in [0.717, 1.165) is 12.8 Å². The quantitative estimate of drug-likeness (QED) is 0.858. The summed E-state index contributed by atoms with van der Waals surface area (Å²) in [7, 11) is 1.41. The molecular weight excluding hydrogens is 297 g/mol. The van der Waals surface area contributed by atoms with Crippen LogP contribution in [0.2, 0.25) is 0 Å². The van der Waals surface area contributed by atoms with E-state index in [-0.39, 0.29) is 0 Å². The highest BCUT2D eigenvalue weighted by molar-refractivity contribution is 5.85. The summed E-state index contributed by atoms with van der Waals surface area (Å²) in [6.07, 6.45) is -0.551. The molecule has 4 nitrogen and oxygen atoms in total. The number of hydrogen-bond acceptors (Lipinski definition) is 3. The maximum atomic E-state index is 12.8. The molecule has 1 amide bonds. The zero-order valence-corrected chi connectivity index (χ0v) is 12.1. The zero-order valence-electron chi connectivity index (χ0n) is 12.1. The topological polar surface area (TPSA) is 41.6 Å². The lowest BCUT2D eigenvalue weighted by Crippen LogP contribution is -2.44. The Morgan fingerprint density at radius 2 is 2.00 bits per heavy atom. The number of anilines is 1. The summed E-state index contributed by atoms with van der Waals surface area (Å²) in [4.78, 5) is 11.7. The molecular formula is C15H17F3N2O2. The van der Waals surface area contributed by atoms with Crippen molar-refractivity contribution in [1.29, 1.82) is 0 Å². The standard InChI is InChI=1S/C15H17F3N2O2/c1-22-13-10-6-5-9-12(13)19-20(14(21)15(16,17)18)11-7-3-2-4-8-11/h5-7,9-10,19H,2-4,8H2,1H3. The van der Waals surface area contributed by atoms with Gasteiger partial charge in [-0.3, -0.25) is 10.2 Å². The number of carbonyl (C=O) groups is 1. The van der Waals surface area contributed by atoms with Gasteiger partial charge < -0.3 is 4.74 Å². The largest absolute Gasteiger partial charge is 0.495 e. The van der Waals surface area contributed by atoms with E-state index >= 15 is 0 Å². The number of nitrogens with zero attached hydrogens (tertiary/aromatic N) is 1. The third-order valence-electron chi connectivity index (χ3n) is 3.34. The maximum absolute atomic E-state index is 12.8. The molecule has 0 saturated carbocycles. The maximum Gasteiger partial charge on any atom is 0.473 e. The van der Waals surface area contributed by atoms with Crippen LogP contribution in [0.25, 0.3) is 0 Å². The Hall–Kier alpha value is -2.18. The van der Waals surface area contributed by atoms with Gasteiger partial charge in [-0.05, 0) is 37.8 Å². The first-order valence-corrected chi connectivity index (χ1v) is 6.93. The number of rotatable bonds is 4. The molecule has 0 heterocycles. The number of allylic oxidation sites excluding steroid dienone is 2. The molecule has 7 heteroatoms. The second-order valence-electron chi connectivity index (χ2n) is 4.89. The molecule has 1 N–H and O–H groups in total. The first-order chi connectivity index (χ1) is 10.4. The Morgan fingerprint density at radius 1 is 1.27 bits per heavy atom. The highest BCUT2D eigenvalue weighted by atomic mass is 19.4. The highest BCUT2D eigenvalue weighted by Crippen LogP contribution is 2.30. The van der Waals surface area contributed by atoms with Crippen molar-refractivity contribution in [1.82, 2.24) is 5.01 Å². The number of ether oxygens (including phenoxy) is 1. The fraction of sp³-hybridized carbons (Fsp3) is 0.400. The molecule has 22 heavy (non-hydrogen) atoms. The van der Waals surface area contributed by atoms with E-state index in [1.54, 1.807) is 30.3 Å². The predicted molar refractivity (Wildman–Crippen MR) is 76.1 cm³/mol. The molecule has 2 rings (SSSR count). The summed E-state index contributed by atoms with van der Waals surface area (Å²) in [5, 5.41) is 0.580. The Labute approximate surface area is 126 Å². The molecule has 1 aromatic carbocycles. The van der Waals surface area contributed by atoms with Crippen LogP contribution in [0.4, 0.5) is 18.9 Å². The first kappa shape index (κ1) is 16.2. The molecule has 0 spiro atoms. The number of amides is 1. The minimum Gasteiger partial charge on any atom is -0.495 e. The van der Waals surface area contributed by atoms with Gasteiger partial charge in [-0.2, -0.15) is 13.2 Å². The van der Waals surface area contributed by atoms with Crippen molar-refractivity contribution < 1.29 is 22.7 Å². The lowest BCUT2D eigenvalue weighted by Gasteiger charge is -2.29. The van der Waals surface area contributed by atoms with Crippen molar-refractivity contribution in [3.8, 4) is 5.75 Å². The van der Waals surface area contributed by atoms with Crippen LogP contribution in [0.1, 0.15) is 25.7 Å². The summed E-state index contributed by atoms with van der Waals surface area (Å²) < 4.78 is 43.6. The van der Waals surface area contributed by atoms with Gasteiger partial charge in [0.15, 0.2) is 0 Å². The van der Waals surface area contributed by atoms with Crippen molar-refractivity contribution in [3.05, 3.63) is 36.0 Å². The first-order valence-electron chi connectivity index (χ1n) is 6.93. The summed E-state index contributed by atoms with van der Waals surface area (Å²) >= 11 is 0. The smallest absolute Gasteiger partial charge is 0.473 e. The summed E-state index contributed by atoms with van der Waals surface area (Å²) in [5.41, 5.74) is 3.18. The van der Waals surface area contributed by atoms with Crippen LogP contribution < -0.4 is 10.2 Å². The third-order valence-corrected chi connectivity index (χ3v) is 3.34. The van der Waals surface area contributed by atoms with E-state index < -0.39 is 12.1 Å². The van der Waals surface area contributed by atoms with Crippen LogP contribution in [0.5, 0.6) is 5.75 Å². The van der Waals surface area contributed by atoms with Gasteiger partial charge in [-0.15, -0.1) is 0 Å². The van der Waals surface area contributed by atoms with E-state index in [2.05, 4.69) is 5.43 Å². The number of nitrogens with one attached hydrogen (secondary N) is 1. The van der Waals surface area contributed by atoms with Crippen LogP contribution in [-0.4, -0.2) is 24.2 Å². The van der Waals surface area contributed by atoms with E-state index in [0.29, 0.717) is 35.0 Å². The lowest BCUT2D eigenvalue weighted by molar-refractivity contribution is -0.182. The van der Waals surface area contributed by atoms with Crippen LogP contribution in [0.15, 0.2) is 36.0 Å². The molecule has 120 valence electrons. The molecule has 1 aliphatic carbocycles. The zero-order chi connectivity index (χ0) is 16.2.